The third-order valence-corrected chi connectivity index (χ3v) is 6.04. The Morgan fingerprint density at radius 1 is 0.780 bits per heavy atom. The fourth-order valence-corrected chi connectivity index (χ4v) is 3.76. The Bertz CT molecular complexity index is 1610. The maximum atomic E-state index is 12.8. The van der Waals surface area contributed by atoms with Crippen molar-refractivity contribution in [3.63, 3.8) is 0 Å². The highest BCUT2D eigenvalue weighted by atomic mass is 79.9. The Balaban J connectivity index is 1.35. The normalized spacial score (nSPS) is 10.5. The molecule has 0 saturated heterocycles. The number of esters is 1. The molecule has 4 aromatic carbocycles. The molecule has 3 N–H and O–H groups in total. The highest BCUT2D eigenvalue weighted by molar-refractivity contribution is 9.10. The maximum absolute atomic E-state index is 12.8. The van der Waals surface area contributed by atoms with Crippen molar-refractivity contribution in [1.82, 2.24) is 5.43 Å². The first kappa shape index (κ1) is 28.7. The second kappa shape index (κ2) is 13.7. The van der Waals surface area contributed by atoms with Gasteiger partial charge in [0.25, 0.3) is 5.91 Å². The molecule has 0 radical (unpaired) electrons. The van der Waals surface area contributed by atoms with Crippen molar-refractivity contribution in [2.24, 2.45) is 5.10 Å². The molecule has 10 nitrogen and oxygen atoms in total. The fraction of sp³-hybridized carbons (Fsp3) is 0.0333. The molecule has 0 aliphatic heterocycles. The highest BCUT2D eigenvalue weighted by Gasteiger charge is 2.18. The number of hydrazone groups is 1. The number of amides is 3. The molecule has 0 aliphatic rings. The number of rotatable bonds is 8. The van der Waals surface area contributed by atoms with Crippen LogP contribution in [0.15, 0.2) is 107 Å². The molecule has 3 amide bonds. The first-order valence-electron chi connectivity index (χ1n) is 12.1. The Morgan fingerprint density at radius 3 is 2.22 bits per heavy atom. The van der Waals surface area contributed by atoms with E-state index < -0.39 is 23.7 Å². The summed E-state index contributed by atoms with van der Waals surface area (Å²) in [5.41, 5.74) is 3.90. The minimum atomic E-state index is -1.05. The molecule has 0 heterocycles. The van der Waals surface area contributed by atoms with Crippen molar-refractivity contribution < 1.29 is 28.7 Å². The SMILES string of the molecule is COc1cc(C=NNC(=O)C(=O)Nc2ccccc2C(=O)Nc2ccc(Br)cc2)ccc1OC(=O)c1ccccc1. The lowest BCUT2D eigenvalue weighted by atomic mass is 10.1. The monoisotopic (exact) mass is 614 g/mol. The van der Waals surface area contributed by atoms with Crippen molar-refractivity contribution in [3.05, 3.63) is 118 Å². The summed E-state index contributed by atoms with van der Waals surface area (Å²) in [4.78, 5) is 50.0. The largest absolute Gasteiger partial charge is 0.493 e. The van der Waals surface area contributed by atoms with E-state index in [1.54, 1.807) is 78.9 Å². The molecule has 0 unspecified atom stereocenters. The van der Waals surface area contributed by atoms with E-state index in [-0.39, 0.29) is 22.7 Å². The van der Waals surface area contributed by atoms with Gasteiger partial charge in [-0.3, -0.25) is 14.4 Å². The molecule has 4 aromatic rings. The zero-order valence-electron chi connectivity index (χ0n) is 21.6. The first-order chi connectivity index (χ1) is 19.8. The second-order valence-corrected chi connectivity index (χ2v) is 9.24. The lowest BCUT2D eigenvalue weighted by Crippen LogP contribution is -2.33. The van der Waals surface area contributed by atoms with Crippen LogP contribution in [0.4, 0.5) is 11.4 Å². The summed E-state index contributed by atoms with van der Waals surface area (Å²) in [5, 5.41) is 8.98. The molecule has 0 aromatic heterocycles. The topological polar surface area (TPSA) is 135 Å². The van der Waals surface area contributed by atoms with Gasteiger partial charge in [-0.05, 0) is 72.3 Å². The summed E-state index contributed by atoms with van der Waals surface area (Å²) in [6, 6.07) is 26.4. The van der Waals surface area contributed by atoms with Crippen LogP contribution < -0.4 is 25.5 Å². The molecular formula is C30H23BrN4O6. The number of ether oxygens (including phenoxy) is 2. The van der Waals surface area contributed by atoms with Crippen LogP contribution in [0.1, 0.15) is 26.3 Å². The average molecular weight is 615 g/mol. The Hall–Kier alpha value is -5.29. The second-order valence-electron chi connectivity index (χ2n) is 8.33. The fourth-order valence-electron chi connectivity index (χ4n) is 3.50. The summed E-state index contributed by atoms with van der Waals surface area (Å²) in [7, 11) is 1.42. The lowest BCUT2D eigenvalue weighted by molar-refractivity contribution is -0.136. The number of halogens is 1. The Kier molecular flexibility index (Phi) is 9.57. The third kappa shape index (κ3) is 7.87. The lowest BCUT2D eigenvalue weighted by Gasteiger charge is -2.11. The number of anilines is 2. The van der Waals surface area contributed by atoms with Gasteiger partial charge in [-0.1, -0.05) is 46.3 Å². The van der Waals surface area contributed by atoms with Crippen molar-refractivity contribution >= 4 is 57.2 Å². The van der Waals surface area contributed by atoms with Gasteiger partial charge in [0, 0.05) is 10.2 Å². The molecule has 0 spiro atoms. The smallest absolute Gasteiger partial charge is 0.343 e. The van der Waals surface area contributed by atoms with Crippen LogP contribution >= 0.6 is 15.9 Å². The summed E-state index contributed by atoms with van der Waals surface area (Å²) in [5.74, 6) is -2.62. The minimum Gasteiger partial charge on any atom is -0.493 e. The zero-order chi connectivity index (χ0) is 29.2. The molecule has 11 heteroatoms. The minimum absolute atomic E-state index is 0.150. The highest BCUT2D eigenvalue weighted by Crippen LogP contribution is 2.28. The van der Waals surface area contributed by atoms with Crippen LogP contribution in [0.5, 0.6) is 11.5 Å². The van der Waals surface area contributed by atoms with Crippen molar-refractivity contribution in [1.29, 1.82) is 0 Å². The average Bonchev–Trinajstić information content (AvgIpc) is 2.99. The van der Waals surface area contributed by atoms with Crippen LogP contribution in [-0.4, -0.2) is 37.0 Å². The van der Waals surface area contributed by atoms with Gasteiger partial charge in [-0.15, -0.1) is 0 Å². The predicted molar refractivity (Wildman–Crippen MR) is 157 cm³/mol. The van der Waals surface area contributed by atoms with Crippen molar-refractivity contribution in [3.8, 4) is 11.5 Å². The van der Waals surface area contributed by atoms with Crippen LogP contribution in [-0.2, 0) is 9.59 Å². The van der Waals surface area contributed by atoms with Crippen LogP contribution in [0.3, 0.4) is 0 Å². The molecule has 0 atom stereocenters. The molecule has 206 valence electrons. The van der Waals surface area contributed by atoms with Gasteiger partial charge in [0.15, 0.2) is 11.5 Å². The number of methoxy groups -OCH3 is 1. The summed E-state index contributed by atoms with van der Waals surface area (Å²) >= 11 is 3.33. The molecule has 0 saturated carbocycles. The number of carbonyl (C=O) groups excluding carboxylic acids is 4. The molecule has 0 aliphatic carbocycles. The standard InChI is InChI=1S/C30H23BrN4O6/c1-40-26-17-19(11-16-25(26)41-30(39)20-7-3-2-4-8-20)18-32-35-29(38)28(37)34-24-10-6-5-9-23(24)27(36)33-22-14-12-21(31)13-15-22/h2-18H,1H3,(H,33,36)(H,34,37)(H,35,38). The molecule has 4 rings (SSSR count). The van der Waals surface area contributed by atoms with Gasteiger partial charge in [0.1, 0.15) is 0 Å². The first-order valence-corrected chi connectivity index (χ1v) is 12.9. The summed E-state index contributed by atoms with van der Waals surface area (Å²) in [6.45, 7) is 0. The maximum Gasteiger partial charge on any atom is 0.343 e. The van der Waals surface area contributed by atoms with Gasteiger partial charge >= 0.3 is 17.8 Å². The Labute approximate surface area is 243 Å². The van der Waals surface area contributed by atoms with Crippen LogP contribution in [0, 0.1) is 0 Å². The van der Waals surface area contributed by atoms with Gasteiger partial charge in [-0.2, -0.15) is 5.10 Å². The molecule has 0 fully saturated rings. The van der Waals surface area contributed by atoms with Gasteiger partial charge < -0.3 is 20.1 Å². The van der Waals surface area contributed by atoms with E-state index in [2.05, 4.69) is 37.1 Å². The van der Waals surface area contributed by atoms with Crippen molar-refractivity contribution in [2.45, 2.75) is 0 Å². The molecule has 41 heavy (non-hydrogen) atoms. The number of carbonyl (C=O) groups is 4. The number of nitrogens with zero attached hydrogens (tertiary/aromatic N) is 1. The number of hydrogen-bond acceptors (Lipinski definition) is 7. The van der Waals surface area contributed by atoms with Gasteiger partial charge in [-0.25, -0.2) is 10.2 Å². The van der Waals surface area contributed by atoms with Crippen LogP contribution in [0.2, 0.25) is 0 Å². The molecular weight excluding hydrogens is 592 g/mol. The third-order valence-electron chi connectivity index (χ3n) is 5.51. The van der Waals surface area contributed by atoms with E-state index in [4.69, 9.17) is 9.47 Å². The van der Waals surface area contributed by atoms with Gasteiger partial charge in [0.2, 0.25) is 0 Å². The van der Waals surface area contributed by atoms with E-state index in [1.165, 1.54) is 31.5 Å². The number of hydrogen-bond donors (Lipinski definition) is 3. The molecule has 0 bridgehead atoms. The van der Waals surface area contributed by atoms with E-state index in [1.807, 2.05) is 0 Å². The zero-order valence-corrected chi connectivity index (χ0v) is 23.2. The van der Waals surface area contributed by atoms with Crippen molar-refractivity contribution in [2.75, 3.05) is 17.7 Å². The summed E-state index contributed by atoms with van der Waals surface area (Å²) in [6.07, 6.45) is 1.29. The van der Waals surface area contributed by atoms with E-state index in [0.29, 0.717) is 16.8 Å². The number of benzene rings is 4. The van der Waals surface area contributed by atoms with E-state index in [0.717, 1.165) is 4.47 Å². The summed E-state index contributed by atoms with van der Waals surface area (Å²) < 4.78 is 11.6. The van der Waals surface area contributed by atoms with Gasteiger partial charge in [0.05, 0.1) is 30.1 Å². The number of nitrogens with one attached hydrogen (secondary N) is 3. The van der Waals surface area contributed by atoms with E-state index >= 15 is 0 Å². The number of para-hydroxylation sites is 1. The Morgan fingerprint density at radius 2 is 1.49 bits per heavy atom. The van der Waals surface area contributed by atoms with Crippen LogP contribution in [0.25, 0.3) is 0 Å². The quantitative estimate of drug-likeness (QED) is 0.0838. The predicted octanol–water partition coefficient (Wildman–Crippen LogP) is 5.02. The van der Waals surface area contributed by atoms with E-state index in [9.17, 15) is 19.2 Å².